The SMILES string of the molecule is CC(C)C(C(=O)O)N1CCC(c2cccc(F)c2)C1.CCc1nc(Cc2cccnc2)sc1C1CCN(C)CC1. The minimum Gasteiger partial charge on any atom is -0.480 e. The number of halogens is 1. The molecule has 216 valence electrons. The summed E-state index contributed by atoms with van der Waals surface area (Å²) in [6.45, 7) is 9.95. The van der Waals surface area contributed by atoms with Crippen LogP contribution in [-0.2, 0) is 17.6 Å². The van der Waals surface area contributed by atoms with Gasteiger partial charge in [-0.2, -0.15) is 0 Å². The first-order valence-electron chi connectivity index (χ1n) is 14.5. The lowest BCUT2D eigenvalue weighted by Gasteiger charge is -2.28. The molecule has 4 heterocycles. The van der Waals surface area contributed by atoms with E-state index in [0.717, 1.165) is 37.3 Å². The van der Waals surface area contributed by atoms with Crippen molar-refractivity contribution < 1.29 is 14.3 Å². The summed E-state index contributed by atoms with van der Waals surface area (Å²) in [6.07, 6.45) is 9.17. The second kappa shape index (κ2) is 14.3. The molecule has 0 radical (unpaired) electrons. The quantitative estimate of drug-likeness (QED) is 0.349. The zero-order valence-corrected chi connectivity index (χ0v) is 25.0. The van der Waals surface area contributed by atoms with Crippen LogP contribution in [0, 0.1) is 11.7 Å². The Morgan fingerprint density at radius 1 is 1.12 bits per heavy atom. The molecule has 0 saturated carbocycles. The maximum Gasteiger partial charge on any atom is 0.321 e. The molecule has 6 nitrogen and oxygen atoms in total. The van der Waals surface area contributed by atoms with Gasteiger partial charge in [-0.3, -0.25) is 14.7 Å². The highest BCUT2D eigenvalue weighted by Gasteiger charge is 2.34. The molecule has 2 aliphatic rings. The smallest absolute Gasteiger partial charge is 0.321 e. The number of carboxylic acid groups (broad SMARTS) is 1. The van der Waals surface area contributed by atoms with E-state index in [-0.39, 0.29) is 17.7 Å². The summed E-state index contributed by atoms with van der Waals surface area (Å²) in [5, 5.41) is 10.5. The number of rotatable bonds is 8. The Bertz CT molecular complexity index is 1230. The molecule has 2 aliphatic heterocycles. The van der Waals surface area contributed by atoms with E-state index in [1.165, 1.54) is 48.3 Å². The molecule has 0 aliphatic carbocycles. The van der Waals surface area contributed by atoms with Crippen molar-refractivity contribution in [3.8, 4) is 0 Å². The van der Waals surface area contributed by atoms with Crippen molar-refractivity contribution in [3.05, 3.63) is 81.3 Å². The van der Waals surface area contributed by atoms with Crippen molar-refractivity contribution in [2.75, 3.05) is 33.2 Å². The van der Waals surface area contributed by atoms with Gasteiger partial charge in [-0.15, -0.1) is 11.3 Å². The number of hydrogen-bond donors (Lipinski definition) is 1. The van der Waals surface area contributed by atoms with E-state index in [1.54, 1.807) is 17.0 Å². The van der Waals surface area contributed by atoms with E-state index in [2.05, 4.69) is 29.9 Å². The largest absolute Gasteiger partial charge is 0.480 e. The summed E-state index contributed by atoms with van der Waals surface area (Å²) in [6, 6.07) is 10.3. The van der Waals surface area contributed by atoms with Crippen molar-refractivity contribution in [1.29, 1.82) is 0 Å². The van der Waals surface area contributed by atoms with Crippen LogP contribution in [0.2, 0.25) is 0 Å². The molecule has 2 aromatic heterocycles. The highest BCUT2D eigenvalue weighted by molar-refractivity contribution is 7.11. The summed E-state index contributed by atoms with van der Waals surface area (Å²) in [5.41, 5.74) is 3.55. The molecule has 2 saturated heterocycles. The predicted octanol–water partition coefficient (Wildman–Crippen LogP) is 6.22. The molecule has 1 N–H and O–H groups in total. The number of hydrogen-bond acceptors (Lipinski definition) is 6. The van der Waals surface area contributed by atoms with E-state index in [9.17, 15) is 14.3 Å². The van der Waals surface area contributed by atoms with Gasteiger partial charge < -0.3 is 10.0 Å². The second-order valence-corrected chi connectivity index (χ2v) is 12.6. The topological polar surface area (TPSA) is 69.6 Å². The number of likely N-dealkylation sites (tertiary alicyclic amines) is 2. The highest BCUT2D eigenvalue weighted by Crippen LogP contribution is 2.35. The second-order valence-electron chi connectivity index (χ2n) is 11.5. The normalized spacial score (nSPS) is 19.4. The van der Waals surface area contributed by atoms with Crippen LogP contribution in [-0.4, -0.2) is 70.1 Å². The summed E-state index contributed by atoms with van der Waals surface area (Å²) >= 11 is 1.93. The van der Waals surface area contributed by atoms with E-state index >= 15 is 0 Å². The van der Waals surface area contributed by atoms with Crippen LogP contribution in [0.4, 0.5) is 4.39 Å². The first kappa shape index (κ1) is 30.3. The minimum atomic E-state index is -0.769. The Morgan fingerprint density at radius 2 is 1.88 bits per heavy atom. The Morgan fingerprint density at radius 3 is 2.50 bits per heavy atom. The van der Waals surface area contributed by atoms with Crippen LogP contribution in [0.5, 0.6) is 0 Å². The first-order valence-corrected chi connectivity index (χ1v) is 15.3. The van der Waals surface area contributed by atoms with Gasteiger partial charge in [-0.25, -0.2) is 9.37 Å². The summed E-state index contributed by atoms with van der Waals surface area (Å²) < 4.78 is 13.2. The van der Waals surface area contributed by atoms with Crippen molar-refractivity contribution in [2.24, 2.45) is 5.92 Å². The number of nitrogens with zero attached hydrogens (tertiary/aromatic N) is 4. The van der Waals surface area contributed by atoms with Gasteiger partial charge in [0.05, 0.1) is 10.7 Å². The van der Waals surface area contributed by atoms with Gasteiger partial charge >= 0.3 is 5.97 Å². The molecule has 8 heteroatoms. The average molecular weight is 567 g/mol. The average Bonchev–Trinajstić information content (AvgIpc) is 3.57. The molecule has 2 unspecified atom stereocenters. The van der Waals surface area contributed by atoms with E-state index in [4.69, 9.17) is 4.98 Å². The number of pyridine rings is 1. The monoisotopic (exact) mass is 566 g/mol. The van der Waals surface area contributed by atoms with Crippen LogP contribution in [0.1, 0.15) is 78.6 Å². The van der Waals surface area contributed by atoms with Crippen LogP contribution < -0.4 is 0 Å². The first-order chi connectivity index (χ1) is 19.2. The molecule has 1 aromatic carbocycles. The standard InChI is InChI=1S/C17H23N3S.C15H20FNO2/c1-3-15-17(14-6-9-20(2)10-7-14)21-16(19-15)11-13-5-4-8-18-12-13;1-10(2)14(15(18)19)17-7-6-12(9-17)11-4-3-5-13(16)8-11/h4-5,8,12,14H,3,6-7,9-11H2,1-2H3;3-5,8,10,12,14H,6-7,9H2,1-2H3,(H,18,19). The van der Waals surface area contributed by atoms with Crippen molar-refractivity contribution in [1.82, 2.24) is 19.8 Å². The molecule has 3 aromatic rings. The van der Waals surface area contributed by atoms with Gasteiger partial charge in [0.15, 0.2) is 0 Å². The van der Waals surface area contributed by atoms with Crippen LogP contribution in [0.25, 0.3) is 0 Å². The Kier molecular flexibility index (Phi) is 10.8. The van der Waals surface area contributed by atoms with Gasteiger partial charge in [0, 0.05) is 30.2 Å². The molecule has 0 amide bonds. The Labute approximate surface area is 242 Å². The lowest BCUT2D eigenvalue weighted by atomic mass is 9.94. The summed E-state index contributed by atoms with van der Waals surface area (Å²) in [5.74, 6) is 0.0286. The zero-order chi connectivity index (χ0) is 28.6. The van der Waals surface area contributed by atoms with Crippen LogP contribution in [0.3, 0.4) is 0 Å². The number of piperidine rings is 1. The van der Waals surface area contributed by atoms with Gasteiger partial charge in [-0.05, 0) is 99.4 Å². The lowest BCUT2D eigenvalue weighted by Crippen LogP contribution is -2.43. The van der Waals surface area contributed by atoms with Gasteiger partial charge in [0.25, 0.3) is 0 Å². The number of aryl methyl sites for hydroxylation is 1. The molecule has 0 spiro atoms. The fourth-order valence-corrected chi connectivity index (χ4v) is 7.30. The molecular weight excluding hydrogens is 523 g/mol. The molecule has 2 atom stereocenters. The molecule has 5 rings (SSSR count). The van der Waals surface area contributed by atoms with E-state index in [1.807, 2.05) is 54.6 Å². The van der Waals surface area contributed by atoms with Gasteiger partial charge in [-0.1, -0.05) is 39.0 Å². The number of aliphatic carboxylic acids is 1. The maximum absolute atomic E-state index is 13.2. The lowest BCUT2D eigenvalue weighted by molar-refractivity contribution is -0.144. The fourth-order valence-electron chi connectivity index (χ4n) is 5.95. The summed E-state index contributed by atoms with van der Waals surface area (Å²) in [4.78, 5) is 26.4. The van der Waals surface area contributed by atoms with Gasteiger partial charge in [0.2, 0.25) is 0 Å². The Balaban J connectivity index is 0.000000186. The van der Waals surface area contributed by atoms with Crippen LogP contribution in [0.15, 0.2) is 48.8 Å². The predicted molar refractivity (Wildman–Crippen MR) is 160 cm³/mol. The molecule has 40 heavy (non-hydrogen) atoms. The Hall–Kier alpha value is -2.68. The van der Waals surface area contributed by atoms with E-state index in [0.29, 0.717) is 6.54 Å². The maximum atomic E-state index is 13.2. The fraction of sp³-hybridized carbons (Fsp3) is 0.531. The van der Waals surface area contributed by atoms with Crippen molar-refractivity contribution in [3.63, 3.8) is 0 Å². The number of thiazole rings is 1. The molecule has 2 fully saturated rings. The minimum absolute atomic E-state index is 0.0729. The summed E-state index contributed by atoms with van der Waals surface area (Å²) in [7, 11) is 2.22. The number of aromatic nitrogens is 2. The third kappa shape index (κ3) is 7.95. The molecule has 0 bridgehead atoms. The van der Waals surface area contributed by atoms with E-state index < -0.39 is 12.0 Å². The third-order valence-electron chi connectivity index (χ3n) is 8.09. The zero-order valence-electron chi connectivity index (χ0n) is 24.2. The van der Waals surface area contributed by atoms with Crippen molar-refractivity contribution in [2.45, 2.75) is 70.8 Å². The number of benzene rings is 1. The number of carbonyl (C=O) groups is 1. The third-order valence-corrected chi connectivity index (χ3v) is 9.35. The van der Waals surface area contributed by atoms with Crippen molar-refractivity contribution >= 4 is 17.3 Å². The van der Waals surface area contributed by atoms with Gasteiger partial charge in [0.1, 0.15) is 11.9 Å². The van der Waals surface area contributed by atoms with Crippen LogP contribution >= 0.6 is 11.3 Å². The highest BCUT2D eigenvalue weighted by atomic mass is 32.1. The molecular formula is C32H43FN4O2S. The number of carboxylic acids is 1.